The summed E-state index contributed by atoms with van der Waals surface area (Å²) >= 11 is 7.41. The van der Waals surface area contributed by atoms with E-state index < -0.39 is 0 Å². The van der Waals surface area contributed by atoms with Crippen molar-refractivity contribution in [2.45, 2.75) is 9.79 Å². The van der Waals surface area contributed by atoms with Crippen LogP contribution in [0.1, 0.15) is 5.56 Å². The van der Waals surface area contributed by atoms with Gasteiger partial charge in [-0.15, -0.1) is 0 Å². The van der Waals surface area contributed by atoms with Crippen LogP contribution in [0.2, 0.25) is 5.02 Å². The van der Waals surface area contributed by atoms with Gasteiger partial charge in [-0.25, -0.2) is 0 Å². The molecule has 2 nitrogen and oxygen atoms in total. The topological polar surface area (TPSA) is 49.8 Å². The normalized spacial score (nSPS) is 9.88. The lowest BCUT2D eigenvalue weighted by atomic mass is 10.2. The predicted octanol–water partition coefficient (Wildman–Crippen LogP) is 3.95. The van der Waals surface area contributed by atoms with E-state index in [1.54, 1.807) is 18.2 Å². The van der Waals surface area contributed by atoms with Crippen molar-refractivity contribution in [2.75, 3.05) is 5.73 Å². The number of nitrogen functional groups attached to an aromatic ring is 1. The van der Waals surface area contributed by atoms with Gasteiger partial charge in [0.1, 0.15) is 0 Å². The van der Waals surface area contributed by atoms with Crippen LogP contribution >= 0.6 is 23.4 Å². The van der Waals surface area contributed by atoms with Crippen LogP contribution < -0.4 is 5.73 Å². The Morgan fingerprint density at radius 1 is 1.18 bits per heavy atom. The van der Waals surface area contributed by atoms with Crippen molar-refractivity contribution >= 4 is 29.1 Å². The molecule has 0 heterocycles. The van der Waals surface area contributed by atoms with Crippen molar-refractivity contribution in [1.29, 1.82) is 5.26 Å². The zero-order valence-corrected chi connectivity index (χ0v) is 10.4. The maximum Gasteiger partial charge on any atom is 0.0992 e. The number of halogens is 1. The third-order valence-corrected chi connectivity index (χ3v) is 3.46. The van der Waals surface area contributed by atoms with Crippen molar-refractivity contribution in [2.24, 2.45) is 0 Å². The molecule has 0 spiro atoms. The fourth-order valence-corrected chi connectivity index (χ4v) is 2.56. The molecule has 0 unspecified atom stereocenters. The van der Waals surface area contributed by atoms with E-state index in [4.69, 9.17) is 22.6 Å². The number of rotatable bonds is 2. The maximum atomic E-state index is 8.84. The summed E-state index contributed by atoms with van der Waals surface area (Å²) in [5, 5.41) is 9.53. The lowest BCUT2D eigenvalue weighted by Gasteiger charge is -2.05. The van der Waals surface area contributed by atoms with E-state index in [1.165, 1.54) is 11.8 Å². The summed E-state index contributed by atoms with van der Waals surface area (Å²) in [6, 6.07) is 14.8. The van der Waals surface area contributed by atoms with Crippen LogP contribution in [-0.2, 0) is 0 Å². The summed E-state index contributed by atoms with van der Waals surface area (Å²) in [5.41, 5.74) is 7.13. The van der Waals surface area contributed by atoms with Gasteiger partial charge in [-0.1, -0.05) is 29.4 Å². The fourth-order valence-electron chi connectivity index (χ4n) is 1.35. The number of benzene rings is 2. The first-order valence-electron chi connectivity index (χ1n) is 4.92. The standard InChI is InChI=1S/C13H9ClN2S/c14-10-2-1-3-11(7-10)17-13-6-9(8-15)4-5-12(13)16/h1-7H,16H2. The fraction of sp³-hybridized carbons (Fsp3) is 0. The van der Waals surface area contributed by atoms with E-state index in [2.05, 4.69) is 6.07 Å². The molecule has 0 aliphatic carbocycles. The van der Waals surface area contributed by atoms with Crippen molar-refractivity contribution in [3.8, 4) is 6.07 Å². The number of nitrogens with zero attached hydrogens (tertiary/aromatic N) is 1. The smallest absolute Gasteiger partial charge is 0.0992 e. The SMILES string of the molecule is N#Cc1ccc(N)c(Sc2cccc(Cl)c2)c1. The highest BCUT2D eigenvalue weighted by Gasteiger charge is 2.04. The molecule has 4 heteroatoms. The highest BCUT2D eigenvalue weighted by atomic mass is 35.5. The van der Waals surface area contributed by atoms with Crippen molar-refractivity contribution in [3.05, 3.63) is 53.1 Å². The molecule has 2 aromatic rings. The predicted molar refractivity (Wildman–Crippen MR) is 71.1 cm³/mol. The Hall–Kier alpha value is -1.63. The molecule has 2 N–H and O–H groups in total. The average molecular weight is 261 g/mol. The van der Waals surface area contributed by atoms with Gasteiger partial charge in [0, 0.05) is 20.5 Å². The number of hydrogen-bond acceptors (Lipinski definition) is 3. The first kappa shape index (κ1) is 11.8. The Balaban J connectivity index is 2.33. The Morgan fingerprint density at radius 3 is 2.71 bits per heavy atom. The first-order valence-corrected chi connectivity index (χ1v) is 6.11. The van der Waals surface area contributed by atoms with Gasteiger partial charge in [0.05, 0.1) is 11.6 Å². The molecule has 0 saturated heterocycles. The number of anilines is 1. The molecule has 0 aromatic heterocycles. The van der Waals surface area contributed by atoms with Crippen molar-refractivity contribution in [3.63, 3.8) is 0 Å². The van der Waals surface area contributed by atoms with Crippen LogP contribution in [0.5, 0.6) is 0 Å². The summed E-state index contributed by atoms with van der Waals surface area (Å²) < 4.78 is 0. The van der Waals surface area contributed by atoms with Gasteiger partial charge >= 0.3 is 0 Å². The molecular formula is C13H9ClN2S. The van der Waals surface area contributed by atoms with Gasteiger partial charge in [-0.2, -0.15) is 5.26 Å². The number of hydrogen-bond donors (Lipinski definition) is 1. The van der Waals surface area contributed by atoms with Crippen molar-refractivity contribution in [1.82, 2.24) is 0 Å². The number of nitriles is 1. The van der Waals surface area contributed by atoms with Gasteiger partial charge in [0.25, 0.3) is 0 Å². The Morgan fingerprint density at radius 2 is 2.00 bits per heavy atom. The minimum absolute atomic E-state index is 0.601. The van der Waals surface area contributed by atoms with Crippen LogP contribution in [0.4, 0.5) is 5.69 Å². The maximum absolute atomic E-state index is 8.84. The van der Waals surface area contributed by atoms with E-state index in [-0.39, 0.29) is 0 Å². The Kier molecular flexibility index (Phi) is 3.58. The minimum Gasteiger partial charge on any atom is -0.398 e. The second-order valence-electron chi connectivity index (χ2n) is 3.42. The minimum atomic E-state index is 0.601. The molecule has 0 radical (unpaired) electrons. The van der Waals surface area contributed by atoms with Gasteiger partial charge in [0.15, 0.2) is 0 Å². The summed E-state index contributed by atoms with van der Waals surface area (Å²) in [6.45, 7) is 0. The van der Waals surface area contributed by atoms with Gasteiger partial charge in [0.2, 0.25) is 0 Å². The largest absolute Gasteiger partial charge is 0.398 e. The summed E-state index contributed by atoms with van der Waals surface area (Å²) in [6.07, 6.45) is 0. The molecule has 0 aliphatic rings. The second kappa shape index (κ2) is 5.13. The molecule has 0 fully saturated rings. The molecule has 84 valence electrons. The monoisotopic (exact) mass is 260 g/mol. The van der Waals surface area contributed by atoms with Crippen LogP contribution in [-0.4, -0.2) is 0 Å². The highest BCUT2D eigenvalue weighted by molar-refractivity contribution is 7.99. The zero-order chi connectivity index (χ0) is 12.3. The summed E-state index contributed by atoms with van der Waals surface area (Å²) in [4.78, 5) is 1.87. The van der Waals surface area contributed by atoms with E-state index in [1.807, 2.05) is 24.3 Å². The average Bonchev–Trinajstić information content (AvgIpc) is 2.32. The second-order valence-corrected chi connectivity index (χ2v) is 4.98. The highest BCUT2D eigenvalue weighted by Crippen LogP contribution is 2.33. The van der Waals surface area contributed by atoms with Crippen LogP contribution in [0.25, 0.3) is 0 Å². The Bertz CT molecular complexity index is 590. The third-order valence-electron chi connectivity index (χ3n) is 2.17. The molecule has 2 aromatic carbocycles. The lowest BCUT2D eigenvalue weighted by molar-refractivity contribution is 1.38. The quantitative estimate of drug-likeness (QED) is 0.832. The van der Waals surface area contributed by atoms with E-state index in [0.717, 1.165) is 9.79 Å². The van der Waals surface area contributed by atoms with Crippen LogP contribution in [0.3, 0.4) is 0 Å². The van der Waals surface area contributed by atoms with E-state index in [9.17, 15) is 0 Å². The summed E-state index contributed by atoms with van der Waals surface area (Å²) in [5.74, 6) is 0. The lowest BCUT2D eigenvalue weighted by Crippen LogP contribution is -1.89. The zero-order valence-electron chi connectivity index (χ0n) is 8.85. The summed E-state index contributed by atoms with van der Waals surface area (Å²) in [7, 11) is 0. The van der Waals surface area contributed by atoms with Gasteiger partial charge < -0.3 is 5.73 Å². The van der Waals surface area contributed by atoms with Crippen molar-refractivity contribution < 1.29 is 0 Å². The number of nitrogens with two attached hydrogens (primary N) is 1. The van der Waals surface area contributed by atoms with E-state index >= 15 is 0 Å². The molecule has 0 saturated carbocycles. The molecule has 0 amide bonds. The Labute approximate surface area is 109 Å². The molecule has 0 bridgehead atoms. The molecule has 17 heavy (non-hydrogen) atoms. The first-order chi connectivity index (χ1) is 8.19. The van der Waals surface area contributed by atoms with Crippen LogP contribution in [0, 0.1) is 11.3 Å². The molecular weight excluding hydrogens is 252 g/mol. The molecule has 0 aliphatic heterocycles. The van der Waals surface area contributed by atoms with E-state index in [0.29, 0.717) is 16.3 Å². The molecule has 2 rings (SSSR count). The molecule has 0 atom stereocenters. The van der Waals surface area contributed by atoms with Gasteiger partial charge in [-0.05, 0) is 36.4 Å². The van der Waals surface area contributed by atoms with Gasteiger partial charge in [-0.3, -0.25) is 0 Å². The van der Waals surface area contributed by atoms with Crippen LogP contribution in [0.15, 0.2) is 52.3 Å². The third kappa shape index (κ3) is 2.94.